The van der Waals surface area contributed by atoms with Crippen LogP contribution in [0.2, 0.25) is 0 Å². The molecule has 2 aliphatic carbocycles. The van der Waals surface area contributed by atoms with Crippen LogP contribution in [0.4, 0.5) is 18.9 Å². The standard InChI is InChI=1S/C24H31F3N4O/c25-24(26,27)19-2-1-3-21(15-19)31-12-10-30(11-13-31)9-8-17-4-6-20(7-5-17)29-23(32)22-14-18(22)16-28/h1-3,15,17-18,20,22H,4-14H2,(H,29,32). The van der Waals surface area contributed by atoms with Gasteiger partial charge in [0.25, 0.3) is 0 Å². The van der Waals surface area contributed by atoms with E-state index in [1.807, 2.05) is 4.90 Å². The lowest BCUT2D eigenvalue weighted by atomic mass is 9.84. The molecule has 8 heteroatoms. The fourth-order valence-corrected chi connectivity index (χ4v) is 5.00. The average molecular weight is 449 g/mol. The van der Waals surface area contributed by atoms with Gasteiger partial charge in [0.15, 0.2) is 0 Å². The Hall–Kier alpha value is -2.27. The van der Waals surface area contributed by atoms with Crippen LogP contribution in [0, 0.1) is 29.1 Å². The number of hydrogen-bond acceptors (Lipinski definition) is 4. The Bertz CT molecular complexity index is 836. The smallest absolute Gasteiger partial charge is 0.369 e. The summed E-state index contributed by atoms with van der Waals surface area (Å²) in [5, 5.41) is 12.0. The minimum Gasteiger partial charge on any atom is -0.369 e. The number of piperazine rings is 1. The molecule has 1 amide bonds. The minimum atomic E-state index is -4.31. The lowest BCUT2D eigenvalue weighted by Crippen LogP contribution is -2.47. The van der Waals surface area contributed by atoms with Crippen LogP contribution in [-0.4, -0.2) is 49.6 Å². The first kappa shape index (κ1) is 22.9. The van der Waals surface area contributed by atoms with Gasteiger partial charge in [0.1, 0.15) is 0 Å². The molecule has 174 valence electrons. The third-order valence-corrected chi connectivity index (χ3v) is 7.25. The van der Waals surface area contributed by atoms with Crippen molar-refractivity contribution in [3.63, 3.8) is 0 Å². The van der Waals surface area contributed by atoms with E-state index in [-0.39, 0.29) is 23.8 Å². The molecule has 3 fully saturated rings. The summed E-state index contributed by atoms with van der Waals surface area (Å²) in [6, 6.07) is 8.02. The molecule has 1 heterocycles. The van der Waals surface area contributed by atoms with E-state index < -0.39 is 11.7 Å². The Morgan fingerprint density at radius 3 is 2.47 bits per heavy atom. The predicted octanol–water partition coefficient (Wildman–Crippen LogP) is 4.05. The highest BCUT2D eigenvalue weighted by Gasteiger charge is 2.44. The van der Waals surface area contributed by atoms with E-state index in [2.05, 4.69) is 16.3 Å². The second-order valence-corrected chi connectivity index (χ2v) is 9.47. The molecule has 1 aromatic rings. The molecule has 5 nitrogen and oxygen atoms in total. The summed E-state index contributed by atoms with van der Waals surface area (Å²) in [6.07, 6.45) is 1.76. The first-order valence-electron chi connectivity index (χ1n) is 11.7. The van der Waals surface area contributed by atoms with Crippen LogP contribution in [0.3, 0.4) is 0 Å². The largest absolute Gasteiger partial charge is 0.416 e. The van der Waals surface area contributed by atoms with Crippen molar-refractivity contribution in [3.8, 4) is 6.07 Å². The molecule has 1 aliphatic heterocycles. The van der Waals surface area contributed by atoms with Crippen molar-refractivity contribution in [1.29, 1.82) is 5.26 Å². The van der Waals surface area contributed by atoms with Crippen molar-refractivity contribution < 1.29 is 18.0 Å². The maximum Gasteiger partial charge on any atom is 0.416 e. The van der Waals surface area contributed by atoms with Crippen LogP contribution >= 0.6 is 0 Å². The fraction of sp³-hybridized carbons (Fsp3) is 0.667. The number of hydrogen-bond donors (Lipinski definition) is 1. The number of carbonyl (C=O) groups excluding carboxylic acids is 1. The predicted molar refractivity (Wildman–Crippen MR) is 116 cm³/mol. The topological polar surface area (TPSA) is 59.4 Å². The normalized spacial score (nSPS) is 28.8. The highest BCUT2D eigenvalue weighted by molar-refractivity contribution is 5.82. The zero-order valence-corrected chi connectivity index (χ0v) is 18.3. The maximum absolute atomic E-state index is 13.0. The van der Waals surface area contributed by atoms with Gasteiger partial charge < -0.3 is 10.2 Å². The summed E-state index contributed by atoms with van der Waals surface area (Å²) < 4.78 is 38.9. The highest BCUT2D eigenvalue weighted by atomic mass is 19.4. The molecule has 2 unspecified atom stereocenters. The van der Waals surface area contributed by atoms with Gasteiger partial charge >= 0.3 is 6.18 Å². The molecule has 0 aromatic heterocycles. The molecule has 3 aliphatic rings. The average Bonchev–Trinajstić information content (AvgIpc) is 3.59. The summed E-state index contributed by atoms with van der Waals surface area (Å²) in [5.74, 6) is 0.545. The Kier molecular flexibility index (Phi) is 6.94. The molecule has 32 heavy (non-hydrogen) atoms. The van der Waals surface area contributed by atoms with Gasteiger partial charge in [0.05, 0.1) is 23.5 Å². The van der Waals surface area contributed by atoms with E-state index in [1.165, 1.54) is 12.1 Å². The molecule has 2 atom stereocenters. The molecule has 1 aromatic carbocycles. The molecule has 0 radical (unpaired) electrons. The van der Waals surface area contributed by atoms with Gasteiger partial charge in [-0.1, -0.05) is 6.07 Å². The maximum atomic E-state index is 13.0. The van der Waals surface area contributed by atoms with E-state index in [4.69, 9.17) is 5.26 Å². The van der Waals surface area contributed by atoms with Gasteiger partial charge in [-0.2, -0.15) is 18.4 Å². The zero-order valence-electron chi connectivity index (χ0n) is 18.3. The molecule has 1 N–H and O–H groups in total. The monoisotopic (exact) mass is 448 g/mol. The molecule has 2 saturated carbocycles. The summed E-state index contributed by atoms with van der Waals surface area (Å²) in [6.45, 7) is 4.23. The second-order valence-electron chi connectivity index (χ2n) is 9.47. The first-order valence-corrected chi connectivity index (χ1v) is 11.7. The fourth-order valence-electron chi connectivity index (χ4n) is 5.00. The van der Waals surface area contributed by atoms with Crippen LogP contribution in [0.5, 0.6) is 0 Å². The van der Waals surface area contributed by atoms with Gasteiger partial charge in [0, 0.05) is 37.9 Å². The molecule has 1 saturated heterocycles. The van der Waals surface area contributed by atoms with Crippen molar-refractivity contribution >= 4 is 11.6 Å². The van der Waals surface area contributed by atoms with E-state index in [9.17, 15) is 18.0 Å². The van der Waals surface area contributed by atoms with Gasteiger partial charge in [0.2, 0.25) is 5.91 Å². The third kappa shape index (κ3) is 5.74. The van der Waals surface area contributed by atoms with Crippen molar-refractivity contribution in [2.45, 2.75) is 50.7 Å². The number of rotatable bonds is 6. The van der Waals surface area contributed by atoms with Crippen LogP contribution < -0.4 is 10.2 Å². The summed E-state index contributed by atoms with van der Waals surface area (Å²) in [7, 11) is 0. The van der Waals surface area contributed by atoms with Crippen molar-refractivity contribution in [1.82, 2.24) is 10.2 Å². The van der Waals surface area contributed by atoms with Gasteiger partial charge in [-0.05, 0) is 69.2 Å². The Morgan fingerprint density at radius 2 is 1.84 bits per heavy atom. The quantitative estimate of drug-likeness (QED) is 0.713. The number of anilines is 1. The number of halogens is 3. The summed E-state index contributed by atoms with van der Waals surface area (Å²) >= 11 is 0. The van der Waals surface area contributed by atoms with Crippen molar-refractivity contribution in [3.05, 3.63) is 29.8 Å². The number of nitrogens with zero attached hydrogens (tertiary/aromatic N) is 3. The second kappa shape index (κ2) is 9.70. The SMILES string of the molecule is N#CC1CC1C(=O)NC1CCC(CCN2CCN(c3cccc(C(F)(F)F)c3)CC2)CC1. The van der Waals surface area contributed by atoms with Crippen LogP contribution in [0.15, 0.2) is 24.3 Å². The number of nitrogens with one attached hydrogen (secondary N) is 1. The number of carbonyl (C=O) groups is 1. The van der Waals surface area contributed by atoms with Crippen molar-refractivity contribution in [2.75, 3.05) is 37.6 Å². The van der Waals surface area contributed by atoms with E-state index >= 15 is 0 Å². The van der Waals surface area contributed by atoms with Gasteiger partial charge in [-0.25, -0.2) is 0 Å². The number of benzene rings is 1. The lowest BCUT2D eigenvalue weighted by molar-refractivity contribution is -0.137. The molecular weight excluding hydrogens is 417 g/mol. The summed E-state index contributed by atoms with van der Waals surface area (Å²) in [5.41, 5.74) is 0.0540. The van der Waals surface area contributed by atoms with E-state index in [0.29, 0.717) is 18.0 Å². The van der Waals surface area contributed by atoms with Crippen LogP contribution in [0.1, 0.15) is 44.1 Å². The van der Waals surface area contributed by atoms with E-state index in [1.54, 1.807) is 6.07 Å². The Balaban J connectivity index is 1.14. The Labute approximate surface area is 187 Å². The number of amides is 1. The van der Waals surface area contributed by atoms with Crippen LogP contribution in [0.25, 0.3) is 0 Å². The van der Waals surface area contributed by atoms with Crippen molar-refractivity contribution in [2.24, 2.45) is 17.8 Å². The summed E-state index contributed by atoms with van der Waals surface area (Å²) in [4.78, 5) is 16.6. The molecule has 0 spiro atoms. The third-order valence-electron chi connectivity index (χ3n) is 7.25. The van der Waals surface area contributed by atoms with Gasteiger partial charge in [-0.3, -0.25) is 9.69 Å². The molecule has 4 rings (SSSR count). The zero-order chi connectivity index (χ0) is 22.7. The minimum absolute atomic E-state index is 0.0543. The lowest BCUT2D eigenvalue weighted by Gasteiger charge is -2.37. The van der Waals surface area contributed by atoms with E-state index in [0.717, 1.165) is 70.9 Å². The Morgan fingerprint density at radius 1 is 1.12 bits per heavy atom. The highest BCUT2D eigenvalue weighted by Crippen LogP contribution is 2.38. The first-order chi connectivity index (χ1) is 15.3. The molecular formula is C24H31F3N4O. The van der Waals surface area contributed by atoms with Crippen LogP contribution in [-0.2, 0) is 11.0 Å². The number of alkyl halides is 3. The molecule has 0 bridgehead atoms. The number of nitriles is 1. The van der Waals surface area contributed by atoms with Gasteiger partial charge in [-0.15, -0.1) is 0 Å².